The second-order valence-electron chi connectivity index (χ2n) is 1.73. The molecule has 56 valence electrons. The summed E-state index contributed by atoms with van der Waals surface area (Å²) < 4.78 is 22.5. The highest BCUT2D eigenvalue weighted by molar-refractivity contribution is 9.11. The first-order chi connectivity index (χ1) is 6.58. The van der Waals surface area contributed by atoms with E-state index in [-0.39, 0.29) is 18.5 Å². The van der Waals surface area contributed by atoms with Crippen molar-refractivity contribution in [2.24, 2.45) is 0 Å². The number of halogens is 1. The lowest BCUT2D eigenvalue weighted by atomic mass is 10.7. The van der Waals surface area contributed by atoms with Crippen LogP contribution in [0.2, 0.25) is 0 Å². The van der Waals surface area contributed by atoms with Crippen LogP contribution in [0.15, 0.2) is 22.3 Å². The van der Waals surface area contributed by atoms with E-state index >= 15 is 0 Å². The van der Waals surface area contributed by atoms with Gasteiger partial charge >= 0.3 is 0 Å². The lowest BCUT2D eigenvalue weighted by Crippen LogP contribution is -1.75. The van der Waals surface area contributed by atoms with Crippen molar-refractivity contribution in [3.05, 3.63) is 22.3 Å². The second kappa shape index (κ2) is 2.75. The van der Waals surface area contributed by atoms with E-state index in [9.17, 15) is 0 Å². The van der Waals surface area contributed by atoms with Crippen molar-refractivity contribution in [3.63, 3.8) is 0 Å². The van der Waals surface area contributed by atoms with Crippen molar-refractivity contribution in [2.45, 2.75) is 0 Å². The standard InChI is InChI=1S/C6H4BrN3S/c7-4-3-10-6(11-4)5-8-1-2-9-5/h1-3H,(H,8,9)/i1D,2D,3D. The zero-order chi connectivity index (χ0) is 10.3. The SMILES string of the molecule is [2H]c1nc(-c2nc([2H])c(Br)s2)[nH]c1[2H]. The Balaban J connectivity index is 2.49. The van der Waals surface area contributed by atoms with Gasteiger partial charge in [-0.15, -0.1) is 11.3 Å². The Morgan fingerprint density at radius 1 is 1.64 bits per heavy atom. The molecule has 0 fully saturated rings. The maximum Gasteiger partial charge on any atom is 0.166 e. The van der Waals surface area contributed by atoms with Crippen molar-refractivity contribution >= 4 is 27.3 Å². The van der Waals surface area contributed by atoms with Crippen LogP contribution in [0.25, 0.3) is 10.8 Å². The fourth-order valence-corrected chi connectivity index (χ4v) is 1.72. The summed E-state index contributed by atoms with van der Waals surface area (Å²) in [6.07, 6.45) is -0.0184. The van der Waals surface area contributed by atoms with Gasteiger partial charge in [0.05, 0.1) is 14.1 Å². The number of rotatable bonds is 1. The van der Waals surface area contributed by atoms with Crippen LogP contribution in [0.4, 0.5) is 0 Å². The molecule has 0 amide bonds. The average Bonchev–Trinajstić information content (AvgIpc) is 2.60. The number of H-pyrrole nitrogens is 1. The molecule has 0 aliphatic heterocycles. The van der Waals surface area contributed by atoms with E-state index in [0.717, 1.165) is 0 Å². The molecule has 0 spiro atoms. The van der Waals surface area contributed by atoms with Crippen LogP contribution in [-0.4, -0.2) is 15.0 Å². The third kappa shape index (κ3) is 1.34. The van der Waals surface area contributed by atoms with Gasteiger partial charge in [0, 0.05) is 12.3 Å². The fraction of sp³-hybridized carbons (Fsp3) is 0. The normalized spacial score (nSPS) is 14.1. The van der Waals surface area contributed by atoms with Crippen LogP contribution in [0.3, 0.4) is 0 Å². The Labute approximate surface area is 79.9 Å². The van der Waals surface area contributed by atoms with Crippen molar-refractivity contribution in [2.75, 3.05) is 0 Å². The van der Waals surface area contributed by atoms with Crippen molar-refractivity contribution in [1.82, 2.24) is 15.0 Å². The maximum absolute atomic E-state index is 7.37. The highest BCUT2D eigenvalue weighted by Gasteiger charge is 2.03. The van der Waals surface area contributed by atoms with Crippen LogP contribution >= 0.6 is 27.3 Å². The smallest absolute Gasteiger partial charge is 0.166 e. The average molecular weight is 233 g/mol. The van der Waals surface area contributed by atoms with Crippen LogP contribution in [0, 0.1) is 0 Å². The molecule has 0 aliphatic carbocycles. The predicted molar refractivity (Wildman–Crippen MR) is 47.4 cm³/mol. The summed E-state index contributed by atoms with van der Waals surface area (Å²) in [5.74, 6) is 0.365. The zero-order valence-electron chi connectivity index (χ0n) is 8.18. The number of nitrogens with one attached hydrogen (secondary N) is 1. The number of nitrogens with zero attached hydrogens (tertiary/aromatic N) is 2. The quantitative estimate of drug-likeness (QED) is 0.820. The summed E-state index contributed by atoms with van der Waals surface area (Å²) in [5.41, 5.74) is 0. The summed E-state index contributed by atoms with van der Waals surface area (Å²) in [6.45, 7) is 0. The lowest BCUT2D eigenvalue weighted by Gasteiger charge is -1.83. The van der Waals surface area contributed by atoms with E-state index in [0.29, 0.717) is 14.6 Å². The summed E-state index contributed by atoms with van der Waals surface area (Å²) in [6, 6.07) is 0. The summed E-state index contributed by atoms with van der Waals surface area (Å²) in [4.78, 5) is 10.3. The molecule has 0 saturated heterocycles. The van der Waals surface area contributed by atoms with Gasteiger partial charge in [-0.25, -0.2) is 9.97 Å². The monoisotopic (exact) mass is 232 g/mol. The number of aromatic nitrogens is 3. The van der Waals surface area contributed by atoms with E-state index in [1.54, 1.807) is 0 Å². The molecule has 2 aromatic rings. The molecule has 0 aliphatic rings. The van der Waals surface area contributed by atoms with Gasteiger partial charge in [0.1, 0.15) is 0 Å². The molecular weight excluding hydrogens is 226 g/mol. The molecule has 0 atom stereocenters. The van der Waals surface area contributed by atoms with Crippen LogP contribution in [0.5, 0.6) is 0 Å². The first-order valence-corrected chi connectivity index (χ1v) is 4.35. The Hall–Kier alpha value is -0.680. The molecule has 0 unspecified atom stereocenters. The number of hydrogen-bond acceptors (Lipinski definition) is 3. The molecule has 0 saturated carbocycles. The van der Waals surface area contributed by atoms with Crippen LogP contribution in [-0.2, 0) is 0 Å². The Kier molecular flexibility index (Phi) is 1.09. The molecule has 3 nitrogen and oxygen atoms in total. The summed E-state index contributed by atoms with van der Waals surface area (Å²) in [5, 5.41) is 0.508. The van der Waals surface area contributed by atoms with Gasteiger partial charge in [0.15, 0.2) is 10.8 Å². The predicted octanol–water partition coefficient (Wildman–Crippen LogP) is 2.30. The van der Waals surface area contributed by atoms with Gasteiger partial charge in [0.2, 0.25) is 0 Å². The lowest BCUT2D eigenvalue weighted by molar-refractivity contribution is 1.27. The molecule has 0 aromatic carbocycles. The fourth-order valence-electron chi connectivity index (χ4n) is 0.627. The minimum atomic E-state index is -0.113. The zero-order valence-corrected chi connectivity index (χ0v) is 7.58. The van der Waals surface area contributed by atoms with Gasteiger partial charge in [-0.2, -0.15) is 0 Å². The maximum atomic E-state index is 7.37. The number of imidazole rings is 1. The summed E-state index contributed by atoms with van der Waals surface area (Å²) >= 11 is 4.42. The van der Waals surface area contributed by atoms with Gasteiger partial charge in [-0.1, -0.05) is 0 Å². The van der Waals surface area contributed by atoms with E-state index in [1.165, 1.54) is 11.3 Å². The Morgan fingerprint density at radius 2 is 2.55 bits per heavy atom. The van der Waals surface area contributed by atoms with Crippen molar-refractivity contribution < 1.29 is 4.11 Å². The Morgan fingerprint density at radius 3 is 3.09 bits per heavy atom. The van der Waals surface area contributed by atoms with Gasteiger partial charge in [0.25, 0.3) is 0 Å². The third-order valence-electron chi connectivity index (χ3n) is 1.04. The van der Waals surface area contributed by atoms with Crippen molar-refractivity contribution in [1.29, 1.82) is 0 Å². The van der Waals surface area contributed by atoms with Gasteiger partial charge in [-0.05, 0) is 15.9 Å². The molecule has 0 bridgehead atoms. The van der Waals surface area contributed by atoms with Crippen LogP contribution in [0.1, 0.15) is 4.11 Å². The van der Waals surface area contributed by atoms with Crippen LogP contribution < -0.4 is 0 Å². The first-order valence-electron chi connectivity index (χ1n) is 4.24. The minimum absolute atomic E-state index is 0.0437. The van der Waals surface area contributed by atoms with Crippen molar-refractivity contribution in [3.8, 4) is 10.8 Å². The largest absolute Gasteiger partial charge is 0.343 e. The molecule has 1 N–H and O–H groups in total. The van der Waals surface area contributed by atoms with E-state index in [1.807, 2.05) is 0 Å². The van der Waals surface area contributed by atoms with E-state index in [4.69, 9.17) is 4.11 Å². The molecule has 0 radical (unpaired) electrons. The first kappa shape index (κ1) is 4.37. The Bertz CT molecular complexity index is 397. The molecule has 2 heterocycles. The summed E-state index contributed by atoms with van der Waals surface area (Å²) in [7, 11) is 0. The highest BCUT2D eigenvalue weighted by atomic mass is 79.9. The number of aromatic amines is 1. The van der Waals surface area contributed by atoms with E-state index in [2.05, 4.69) is 30.9 Å². The topological polar surface area (TPSA) is 41.6 Å². The van der Waals surface area contributed by atoms with Gasteiger partial charge in [-0.3, -0.25) is 0 Å². The molecule has 2 aromatic heterocycles. The highest BCUT2D eigenvalue weighted by Crippen LogP contribution is 2.25. The number of hydrogen-bond donors (Lipinski definition) is 1. The number of thiazole rings is 1. The van der Waals surface area contributed by atoms with Gasteiger partial charge < -0.3 is 4.98 Å². The third-order valence-corrected chi connectivity index (χ3v) is 2.45. The molecule has 5 heteroatoms. The van der Waals surface area contributed by atoms with E-state index < -0.39 is 0 Å². The minimum Gasteiger partial charge on any atom is -0.343 e. The second-order valence-corrected chi connectivity index (χ2v) is 4.04. The molecule has 11 heavy (non-hydrogen) atoms. The molecular formula is C6H4BrN3S. The molecule has 2 rings (SSSR count).